The van der Waals surface area contributed by atoms with Crippen molar-refractivity contribution < 1.29 is 62.1 Å². The molecule has 0 aliphatic heterocycles. The quantitative estimate of drug-likeness (QED) is 0.0974. The molecule has 0 aliphatic carbocycles. The average Bonchev–Trinajstić information content (AvgIpc) is 2.95. The van der Waals surface area contributed by atoms with Crippen molar-refractivity contribution >= 4 is 11.9 Å². The number of rotatable bonds is 35. The average molecular weight is 600 g/mol. The molecule has 0 rings (SSSR count). The summed E-state index contributed by atoms with van der Waals surface area (Å²) in [5.74, 6) is -1.51. The molecule has 14 heteroatoms. The van der Waals surface area contributed by atoms with E-state index in [4.69, 9.17) is 47.7 Å². The van der Waals surface area contributed by atoms with Gasteiger partial charge < -0.3 is 57.8 Å². The van der Waals surface area contributed by atoms with Gasteiger partial charge in [0.25, 0.3) is 0 Å². The number of ether oxygens (including phenoxy) is 10. The van der Waals surface area contributed by atoms with E-state index in [2.05, 4.69) is 17.0 Å². The summed E-state index contributed by atoms with van der Waals surface area (Å²) in [6, 6.07) is 0. The van der Waals surface area contributed by atoms with Crippen molar-refractivity contribution in [3.05, 3.63) is 0 Å². The van der Waals surface area contributed by atoms with Gasteiger partial charge in [-0.25, -0.2) is 4.79 Å². The van der Waals surface area contributed by atoms with Crippen LogP contribution in [0.2, 0.25) is 0 Å². The summed E-state index contributed by atoms with van der Waals surface area (Å²) in [7, 11) is 0. The van der Waals surface area contributed by atoms with Crippen LogP contribution < -0.4 is 5.32 Å². The fraction of sp³-hybridized carbons (Fsp3) is 0.926. The normalized spacial score (nSPS) is 11.2. The molecule has 0 aromatic rings. The van der Waals surface area contributed by atoms with E-state index in [-0.39, 0.29) is 6.61 Å². The Hall–Kier alpha value is -1.46. The van der Waals surface area contributed by atoms with E-state index in [1.807, 2.05) is 0 Å². The molecule has 0 radical (unpaired) electrons. The summed E-state index contributed by atoms with van der Waals surface area (Å²) in [6.45, 7) is 10.8. The lowest BCUT2D eigenvalue weighted by atomic mass is 10.3. The van der Waals surface area contributed by atoms with Gasteiger partial charge in [-0.05, 0) is 6.42 Å². The minimum Gasteiger partial charge on any atom is -0.480 e. The van der Waals surface area contributed by atoms with Gasteiger partial charge in [0.05, 0.1) is 112 Å². The van der Waals surface area contributed by atoms with E-state index in [9.17, 15) is 9.59 Å². The molecule has 0 saturated carbocycles. The molecule has 0 spiro atoms. The molecule has 0 saturated heterocycles. The number of carbonyl (C=O) groups excluding carboxylic acids is 1. The van der Waals surface area contributed by atoms with E-state index >= 15 is 0 Å². The van der Waals surface area contributed by atoms with Gasteiger partial charge in [0.15, 0.2) is 0 Å². The number of unbranched alkanes of at least 4 members (excludes halogenated alkanes) is 2. The van der Waals surface area contributed by atoms with Crippen molar-refractivity contribution in [1.82, 2.24) is 5.32 Å². The maximum atomic E-state index is 11.3. The predicted octanol–water partition coefficient (Wildman–Crippen LogP) is 0.543. The summed E-state index contributed by atoms with van der Waals surface area (Å²) >= 11 is 0. The lowest BCUT2D eigenvalue weighted by Crippen LogP contribution is -2.31. The topological polar surface area (TPSA) is 159 Å². The molecule has 0 atom stereocenters. The Labute approximate surface area is 244 Å². The highest BCUT2D eigenvalue weighted by atomic mass is 16.6. The van der Waals surface area contributed by atoms with Crippen LogP contribution in [0.3, 0.4) is 0 Å². The van der Waals surface area contributed by atoms with E-state index in [0.717, 1.165) is 13.0 Å². The van der Waals surface area contributed by atoms with Gasteiger partial charge in [-0.15, -0.1) is 0 Å². The first kappa shape index (κ1) is 39.5. The zero-order valence-electron chi connectivity index (χ0n) is 24.8. The molecule has 14 nitrogen and oxygen atoms in total. The van der Waals surface area contributed by atoms with Gasteiger partial charge in [0.2, 0.25) is 5.91 Å². The molecular weight excluding hydrogens is 546 g/mol. The van der Waals surface area contributed by atoms with Crippen molar-refractivity contribution in [2.45, 2.75) is 26.2 Å². The van der Waals surface area contributed by atoms with Crippen LogP contribution in [0.1, 0.15) is 26.2 Å². The maximum Gasteiger partial charge on any atom is 0.329 e. The first-order valence-corrected chi connectivity index (χ1v) is 14.4. The molecule has 0 aliphatic rings. The Kier molecular flexibility index (Phi) is 33.5. The Morgan fingerprint density at radius 2 is 0.805 bits per heavy atom. The van der Waals surface area contributed by atoms with E-state index in [1.165, 1.54) is 12.8 Å². The first-order valence-electron chi connectivity index (χ1n) is 14.4. The monoisotopic (exact) mass is 599 g/mol. The zero-order chi connectivity index (χ0) is 29.9. The molecule has 41 heavy (non-hydrogen) atoms. The maximum absolute atomic E-state index is 11.3. The number of nitrogens with one attached hydrogen (secondary N) is 1. The SMILES string of the molecule is CCCCCOCCOCCOCCOCCOCCOCCOCCOCCOCCNC(=O)COCC(=O)O. The van der Waals surface area contributed by atoms with E-state index in [1.54, 1.807) is 0 Å². The van der Waals surface area contributed by atoms with Crippen LogP contribution in [0.4, 0.5) is 0 Å². The van der Waals surface area contributed by atoms with Crippen LogP contribution >= 0.6 is 0 Å². The Balaban J connectivity index is 3.08. The second-order valence-corrected chi connectivity index (χ2v) is 8.45. The summed E-state index contributed by atoms with van der Waals surface area (Å²) in [5, 5.41) is 11.0. The molecule has 0 aromatic heterocycles. The molecule has 0 fully saturated rings. The third kappa shape index (κ3) is 36.5. The van der Waals surface area contributed by atoms with Gasteiger partial charge in [-0.1, -0.05) is 19.8 Å². The summed E-state index contributed by atoms with van der Waals surface area (Å²) in [4.78, 5) is 21.6. The Bertz CT molecular complexity index is 557. The molecule has 244 valence electrons. The van der Waals surface area contributed by atoms with Crippen LogP contribution in [-0.2, 0) is 57.0 Å². The third-order valence-corrected chi connectivity index (χ3v) is 4.90. The summed E-state index contributed by atoms with van der Waals surface area (Å²) < 4.78 is 53.5. The van der Waals surface area contributed by atoms with Gasteiger partial charge in [0, 0.05) is 13.2 Å². The highest BCUT2D eigenvalue weighted by molar-refractivity contribution is 5.77. The van der Waals surface area contributed by atoms with Crippen LogP contribution in [0.5, 0.6) is 0 Å². The molecule has 2 N–H and O–H groups in total. The minimum absolute atomic E-state index is 0.297. The summed E-state index contributed by atoms with van der Waals surface area (Å²) in [5.41, 5.74) is 0. The van der Waals surface area contributed by atoms with Gasteiger partial charge in [-0.3, -0.25) is 4.79 Å². The number of carboxylic acid groups (broad SMARTS) is 1. The van der Waals surface area contributed by atoms with Crippen LogP contribution in [0.25, 0.3) is 0 Å². The molecule has 0 unspecified atom stereocenters. The van der Waals surface area contributed by atoms with Crippen molar-refractivity contribution in [2.75, 3.05) is 139 Å². The van der Waals surface area contributed by atoms with Crippen molar-refractivity contribution in [1.29, 1.82) is 0 Å². The van der Waals surface area contributed by atoms with Gasteiger partial charge in [0.1, 0.15) is 13.2 Å². The molecule has 0 aromatic carbocycles. The van der Waals surface area contributed by atoms with Crippen LogP contribution in [0, 0.1) is 0 Å². The Morgan fingerprint density at radius 3 is 1.15 bits per heavy atom. The summed E-state index contributed by atoms with van der Waals surface area (Å²) in [6.07, 6.45) is 3.52. The number of hydrogen-bond donors (Lipinski definition) is 2. The fourth-order valence-corrected chi connectivity index (χ4v) is 2.86. The highest BCUT2D eigenvalue weighted by Crippen LogP contribution is 1.94. The smallest absolute Gasteiger partial charge is 0.329 e. The number of amides is 1. The van der Waals surface area contributed by atoms with Crippen molar-refractivity contribution in [3.63, 3.8) is 0 Å². The third-order valence-electron chi connectivity index (χ3n) is 4.90. The van der Waals surface area contributed by atoms with Gasteiger partial charge in [-0.2, -0.15) is 0 Å². The lowest BCUT2D eigenvalue weighted by molar-refractivity contribution is -0.143. The standard InChI is InChI=1S/C27H53NO13/c1-2-3-4-6-32-8-10-34-12-14-36-16-18-38-20-22-40-23-21-39-19-17-37-15-13-35-11-9-33-7-5-28-26(29)24-41-25-27(30)31/h2-25H2,1H3,(H,28,29)(H,30,31). The minimum atomic E-state index is -1.12. The van der Waals surface area contributed by atoms with Crippen LogP contribution in [-0.4, -0.2) is 156 Å². The largest absolute Gasteiger partial charge is 0.480 e. The highest BCUT2D eigenvalue weighted by Gasteiger charge is 2.03. The molecular formula is C27H53NO13. The van der Waals surface area contributed by atoms with E-state index < -0.39 is 18.5 Å². The van der Waals surface area contributed by atoms with Crippen LogP contribution in [0.15, 0.2) is 0 Å². The fourth-order valence-electron chi connectivity index (χ4n) is 2.86. The number of hydrogen-bond acceptors (Lipinski definition) is 12. The predicted molar refractivity (Wildman–Crippen MR) is 148 cm³/mol. The molecule has 1 amide bonds. The second-order valence-electron chi connectivity index (χ2n) is 8.45. The second kappa shape index (κ2) is 34.7. The lowest BCUT2D eigenvalue weighted by Gasteiger charge is -2.09. The number of carbonyl (C=O) groups is 2. The number of aliphatic carboxylic acids is 1. The first-order chi connectivity index (χ1) is 20.2. The molecule has 0 bridgehead atoms. The van der Waals surface area contributed by atoms with Gasteiger partial charge >= 0.3 is 5.97 Å². The molecule has 0 heterocycles. The Morgan fingerprint density at radius 1 is 0.463 bits per heavy atom. The zero-order valence-corrected chi connectivity index (χ0v) is 24.8. The van der Waals surface area contributed by atoms with E-state index in [0.29, 0.717) is 119 Å². The van der Waals surface area contributed by atoms with Crippen molar-refractivity contribution in [2.24, 2.45) is 0 Å². The van der Waals surface area contributed by atoms with Crippen molar-refractivity contribution in [3.8, 4) is 0 Å². The number of carboxylic acids is 1.